The summed E-state index contributed by atoms with van der Waals surface area (Å²) in [7, 11) is 0. The van der Waals surface area contributed by atoms with Crippen molar-refractivity contribution in [2.45, 2.75) is 31.8 Å². The smallest absolute Gasteiger partial charge is 0.151 e. The van der Waals surface area contributed by atoms with Gasteiger partial charge in [0.15, 0.2) is 5.82 Å². The van der Waals surface area contributed by atoms with Crippen molar-refractivity contribution in [1.29, 1.82) is 0 Å². The van der Waals surface area contributed by atoms with Crippen molar-refractivity contribution in [3.05, 3.63) is 23.8 Å². The molecule has 1 aliphatic heterocycles. The summed E-state index contributed by atoms with van der Waals surface area (Å²) < 4.78 is 31.8. The lowest BCUT2D eigenvalue weighted by atomic mass is 10.1. The molecular formula is C13H18F2N2O. The molecule has 0 spiro atoms. The normalized spacial score (nSPS) is 19.8. The van der Waals surface area contributed by atoms with E-state index in [2.05, 4.69) is 5.32 Å². The van der Waals surface area contributed by atoms with Crippen molar-refractivity contribution >= 4 is 11.4 Å². The minimum absolute atomic E-state index is 0.0408. The average molecular weight is 256 g/mol. The second-order valence-corrected chi connectivity index (χ2v) is 4.55. The number of benzene rings is 1. The van der Waals surface area contributed by atoms with E-state index in [-0.39, 0.29) is 11.8 Å². The zero-order valence-corrected chi connectivity index (χ0v) is 10.2. The summed E-state index contributed by atoms with van der Waals surface area (Å²) >= 11 is 0. The summed E-state index contributed by atoms with van der Waals surface area (Å²) in [6.45, 7) is 1.40. The highest BCUT2D eigenvalue weighted by Gasteiger charge is 2.14. The van der Waals surface area contributed by atoms with E-state index in [1.165, 1.54) is 12.5 Å². The van der Waals surface area contributed by atoms with Gasteiger partial charge < -0.3 is 15.8 Å². The van der Waals surface area contributed by atoms with Crippen LogP contribution in [0, 0.1) is 11.6 Å². The molecule has 0 radical (unpaired) electrons. The lowest BCUT2D eigenvalue weighted by Gasteiger charge is -2.22. The molecule has 0 saturated carbocycles. The number of nitrogens with two attached hydrogens (primary N) is 1. The Morgan fingerprint density at radius 2 is 2.17 bits per heavy atom. The Hall–Kier alpha value is -1.36. The Labute approximate surface area is 105 Å². The first kappa shape index (κ1) is 13.1. The van der Waals surface area contributed by atoms with Crippen molar-refractivity contribution in [3.8, 4) is 0 Å². The first-order chi connectivity index (χ1) is 8.66. The molecule has 18 heavy (non-hydrogen) atoms. The summed E-state index contributed by atoms with van der Waals surface area (Å²) in [5.74, 6) is -1.36. The van der Waals surface area contributed by atoms with Gasteiger partial charge in [-0.15, -0.1) is 0 Å². The molecule has 100 valence electrons. The van der Waals surface area contributed by atoms with Gasteiger partial charge in [0.25, 0.3) is 0 Å². The Kier molecular flexibility index (Phi) is 4.36. The number of nitrogens with one attached hydrogen (secondary N) is 1. The van der Waals surface area contributed by atoms with Crippen molar-refractivity contribution in [2.24, 2.45) is 0 Å². The van der Waals surface area contributed by atoms with E-state index in [1.807, 2.05) is 0 Å². The molecular weight excluding hydrogens is 238 g/mol. The van der Waals surface area contributed by atoms with Crippen molar-refractivity contribution in [1.82, 2.24) is 0 Å². The van der Waals surface area contributed by atoms with Gasteiger partial charge in [0.05, 0.1) is 17.5 Å². The van der Waals surface area contributed by atoms with Gasteiger partial charge in [-0.1, -0.05) is 0 Å². The Morgan fingerprint density at radius 1 is 1.33 bits per heavy atom. The van der Waals surface area contributed by atoms with Crippen LogP contribution in [-0.2, 0) is 4.74 Å². The van der Waals surface area contributed by atoms with Crippen LogP contribution in [0.1, 0.15) is 25.7 Å². The fraction of sp³-hybridized carbons (Fsp3) is 0.538. The lowest BCUT2D eigenvalue weighted by molar-refractivity contribution is 0.0134. The molecule has 3 N–H and O–H groups in total. The van der Waals surface area contributed by atoms with Gasteiger partial charge in [-0.25, -0.2) is 8.78 Å². The van der Waals surface area contributed by atoms with Crippen LogP contribution >= 0.6 is 0 Å². The first-order valence-electron chi connectivity index (χ1n) is 6.27. The number of nitrogen functional groups attached to an aromatic ring is 1. The third-order valence-electron chi connectivity index (χ3n) is 3.15. The summed E-state index contributed by atoms with van der Waals surface area (Å²) in [5, 5.41) is 2.96. The molecule has 1 atom stereocenters. The molecule has 0 amide bonds. The lowest BCUT2D eigenvalue weighted by Crippen LogP contribution is -2.22. The van der Waals surface area contributed by atoms with Gasteiger partial charge in [0.2, 0.25) is 0 Å². The van der Waals surface area contributed by atoms with Crippen molar-refractivity contribution in [3.63, 3.8) is 0 Å². The first-order valence-corrected chi connectivity index (χ1v) is 6.27. The Balaban J connectivity index is 1.86. The summed E-state index contributed by atoms with van der Waals surface area (Å²) in [5.41, 5.74) is 5.80. The Bertz CT molecular complexity index is 406. The van der Waals surface area contributed by atoms with Crippen LogP contribution in [0.3, 0.4) is 0 Å². The Morgan fingerprint density at radius 3 is 2.89 bits per heavy atom. The number of ether oxygens (including phenoxy) is 1. The molecule has 0 aromatic heterocycles. The standard InChI is InChI=1S/C13H18F2N2O/c14-9-7-11(15)13(16)12(8-9)17-5-4-10-3-1-2-6-18-10/h7-8,10,17H,1-6,16H2. The molecule has 1 saturated heterocycles. The summed E-state index contributed by atoms with van der Waals surface area (Å²) in [4.78, 5) is 0. The highest BCUT2D eigenvalue weighted by Crippen LogP contribution is 2.23. The monoisotopic (exact) mass is 256 g/mol. The van der Waals surface area contributed by atoms with Crippen LogP contribution in [0.25, 0.3) is 0 Å². The molecule has 1 aliphatic rings. The van der Waals surface area contributed by atoms with E-state index in [0.717, 1.165) is 31.9 Å². The highest BCUT2D eigenvalue weighted by molar-refractivity contribution is 5.66. The molecule has 1 fully saturated rings. The molecule has 1 heterocycles. The molecule has 0 aliphatic carbocycles. The fourth-order valence-electron chi connectivity index (χ4n) is 2.13. The number of rotatable bonds is 4. The molecule has 0 bridgehead atoms. The van der Waals surface area contributed by atoms with E-state index in [4.69, 9.17) is 10.5 Å². The number of halogens is 2. The predicted molar refractivity (Wildman–Crippen MR) is 67.5 cm³/mol. The molecule has 1 aromatic carbocycles. The van der Waals surface area contributed by atoms with E-state index in [0.29, 0.717) is 12.2 Å². The van der Waals surface area contributed by atoms with E-state index in [9.17, 15) is 8.78 Å². The fourth-order valence-corrected chi connectivity index (χ4v) is 2.13. The summed E-state index contributed by atoms with van der Waals surface area (Å²) in [6, 6.07) is 1.99. The van der Waals surface area contributed by atoms with Gasteiger partial charge in [0, 0.05) is 19.2 Å². The van der Waals surface area contributed by atoms with Crippen LogP contribution < -0.4 is 11.1 Å². The van der Waals surface area contributed by atoms with Gasteiger partial charge >= 0.3 is 0 Å². The van der Waals surface area contributed by atoms with Crippen LogP contribution in [-0.4, -0.2) is 19.3 Å². The van der Waals surface area contributed by atoms with Gasteiger partial charge in [-0.3, -0.25) is 0 Å². The van der Waals surface area contributed by atoms with Crippen molar-refractivity contribution < 1.29 is 13.5 Å². The van der Waals surface area contributed by atoms with Crippen LogP contribution in [0.4, 0.5) is 20.2 Å². The minimum Gasteiger partial charge on any atom is -0.395 e. The molecule has 2 rings (SSSR count). The average Bonchev–Trinajstić information content (AvgIpc) is 2.36. The highest BCUT2D eigenvalue weighted by atomic mass is 19.1. The number of anilines is 2. The second kappa shape index (κ2) is 6.00. The largest absolute Gasteiger partial charge is 0.395 e. The molecule has 3 nitrogen and oxygen atoms in total. The van der Waals surface area contributed by atoms with Crippen LogP contribution in [0.15, 0.2) is 12.1 Å². The molecule has 1 unspecified atom stereocenters. The zero-order valence-electron chi connectivity index (χ0n) is 10.2. The van der Waals surface area contributed by atoms with E-state index >= 15 is 0 Å². The zero-order chi connectivity index (χ0) is 13.0. The summed E-state index contributed by atoms with van der Waals surface area (Å²) in [6.07, 6.45) is 4.41. The van der Waals surface area contributed by atoms with E-state index in [1.54, 1.807) is 0 Å². The van der Waals surface area contributed by atoms with Gasteiger partial charge in [-0.05, 0) is 31.7 Å². The maximum Gasteiger partial charge on any atom is 0.151 e. The number of hydrogen-bond acceptors (Lipinski definition) is 3. The molecule has 1 aromatic rings. The van der Waals surface area contributed by atoms with Gasteiger partial charge in [-0.2, -0.15) is 0 Å². The van der Waals surface area contributed by atoms with E-state index < -0.39 is 11.6 Å². The minimum atomic E-state index is -0.730. The maximum atomic E-state index is 13.2. The van der Waals surface area contributed by atoms with Crippen LogP contribution in [0.2, 0.25) is 0 Å². The number of hydrogen-bond donors (Lipinski definition) is 2. The topological polar surface area (TPSA) is 47.3 Å². The second-order valence-electron chi connectivity index (χ2n) is 4.55. The van der Waals surface area contributed by atoms with Crippen molar-refractivity contribution in [2.75, 3.05) is 24.2 Å². The quantitative estimate of drug-likeness (QED) is 0.814. The third kappa shape index (κ3) is 3.32. The molecule has 5 heteroatoms. The SMILES string of the molecule is Nc1c(F)cc(F)cc1NCCC1CCCCO1. The predicted octanol–water partition coefficient (Wildman–Crippen LogP) is 2.92. The third-order valence-corrected chi connectivity index (χ3v) is 3.15. The maximum absolute atomic E-state index is 13.2. The van der Waals surface area contributed by atoms with Gasteiger partial charge in [0.1, 0.15) is 5.82 Å². The van der Waals surface area contributed by atoms with Crippen LogP contribution in [0.5, 0.6) is 0 Å².